The summed E-state index contributed by atoms with van der Waals surface area (Å²) in [6.45, 7) is 5.93. The third kappa shape index (κ3) is 3.77. The Morgan fingerprint density at radius 3 is 2.71 bits per heavy atom. The van der Waals surface area contributed by atoms with Crippen molar-refractivity contribution in [3.63, 3.8) is 0 Å². The molecule has 2 aromatic heterocycles. The molecule has 6 rings (SSSR count). The molecule has 2 aromatic carbocycles. The maximum absolute atomic E-state index is 13.7. The summed E-state index contributed by atoms with van der Waals surface area (Å²) in [5.41, 5.74) is 3.59. The Balaban J connectivity index is 1.24. The fourth-order valence-corrected chi connectivity index (χ4v) is 5.12. The van der Waals surface area contributed by atoms with E-state index in [0.29, 0.717) is 53.3 Å². The van der Waals surface area contributed by atoms with Gasteiger partial charge in [-0.2, -0.15) is 20.0 Å². The lowest BCUT2D eigenvalue weighted by molar-refractivity contribution is 0.0582. The number of rotatable bonds is 4. The molecule has 178 valence electrons. The number of oxazole rings is 1. The van der Waals surface area contributed by atoms with Crippen LogP contribution in [-0.2, 0) is 0 Å². The number of anilines is 1. The Bertz CT molecular complexity index is 1400. The number of aromatic nitrogens is 4. The number of benzene rings is 2. The van der Waals surface area contributed by atoms with E-state index in [1.807, 2.05) is 43.0 Å². The van der Waals surface area contributed by atoms with Gasteiger partial charge in [-0.25, -0.2) is 4.39 Å². The second kappa shape index (κ2) is 8.33. The first-order valence-corrected chi connectivity index (χ1v) is 11.7. The number of halogens is 1. The van der Waals surface area contributed by atoms with Gasteiger partial charge in [0.2, 0.25) is 0 Å². The number of piperidine rings is 1. The topological polar surface area (TPSA) is 80.3 Å². The largest absolute Gasteiger partial charge is 0.428 e. The molecule has 0 spiro atoms. The highest BCUT2D eigenvalue weighted by molar-refractivity contribution is 5.98. The summed E-state index contributed by atoms with van der Waals surface area (Å²) in [6, 6.07) is 12.8. The minimum atomic E-state index is -0.308. The molecular weight excluding hydrogens is 447 g/mol. The maximum atomic E-state index is 13.7. The zero-order valence-electron chi connectivity index (χ0n) is 19.6. The lowest BCUT2D eigenvalue weighted by atomic mass is 9.82. The number of carbonyl (C=O) groups is 1. The molecule has 0 unspecified atom stereocenters. The van der Waals surface area contributed by atoms with E-state index in [4.69, 9.17) is 9.40 Å². The highest BCUT2D eigenvalue weighted by Gasteiger charge is 2.46. The van der Waals surface area contributed by atoms with E-state index >= 15 is 0 Å². The van der Waals surface area contributed by atoms with Gasteiger partial charge in [-0.05, 0) is 44.5 Å². The summed E-state index contributed by atoms with van der Waals surface area (Å²) in [6.07, 6.45) is 4.12. The zero-order valence-corrected chi connectivity index (χ0v) is 19.6. The molecule has 2 fully saturated rings. The van der Waals surface area contributed by atoms with Crippen molar-refractivity contribution in [2.24, 2.45) is 5.92 Å². The van der Waals surface area contributed by atoms with Crippen molar-refractivity contribution in [2.45, 2.75) is 26.3 Å². The number of amides is 1. The third-order valence-corrected chi connectivity index (χ3v) is 6.99. The van der Waals surface area contributed by atoms with Crippen LogP contribution in [0.25, 0.3) is 16.9 Å². The molecule has 8 nitrogen and oxygen atoms in total. The van der Waals surface area contributed by atoms with Crippen LogP contribution < -0.4 is 4.90 Å². The second-order valence-corrected chi connectivity index (χ2v) is 9.27. The molecular formula is C26H25FN6O2. The van der Waals surface area contributed by atoms with Crippen molar-refractivity contribution in [2.75, 3.05) is 24.5 Å². The van der Waals surface area contributed by atoms with Crippen molar-refractivity contribution in [1.82, 2.24) is 24.9 Å². The molecule has 2 aliphatic rings. The lowest BCUT2D eigenvalue weighted by Gasteiger charge is -2.52. The fraction of sp³-hybridized carbons (Fsp3) is 0.308. The van der Waals surface area contributed by atoms with Crippen molar-refractivity contribution in [1.29, 1.82) is 0 Å². The average Bonchev–Trinajstić information content (AvgIpc) is 3.49. The van der Waals surface area contributed by atoms with Crippen LogP contribution in [-0.4, -0.2) is 56.5 Å². The Morgan fingerprint density at radius 2 is 1.91 bits per heavy atom. The summed E-state index contributed by atoms with van der Waals surface area (Å²) in [5, 5.41) is 8.44. The summed E-state index contributed by atoms with van der Waals surface area (Å²) in [7, 11) is 0. The van der Waals surface area contributed by atoms with E-state index in [-0.39, 0.29) is 17.8 Å². The van der Waals surface area contributed by atoms with Crippen LogP contribution in [0.15, 0.2) is 59.3 Å². The monoisotopic (exact) mass is 472 g/mol. The van der Waals surface area contributed by atoms with E-state index in [1.165, 1.54) is 16.9 Å². The molecule has 4 heterocycles. The molecule has 2 aliphatic heterocycles. The summed E-state index contributed by atoms with van der Waals surface area (Å²) in [4.78, 5) is 23.8. The smallest absolute Gasteiger partial charge is 0.298 e. The van der Waals surface area contributed by atoms with Gasteiger partial charge in [0.05, 0.1) is 29.7 Å². The van der Waals surface area contributed by atoms with E-state index in [0.717, 1.165) is 18.5 Å². The Hall–Kier alpha value is -4.01. The molecule has 2 atom stereocenters. The quantitative estimate of drug-likeness (QED) is 0.446. The Labute approximate surface area is 202 Å². The normalized spacial score (nSPS) is 19.4. The molecule has 9 heteroatoms. The second-order valence-electron chi connectivity index (χ2n) is 9.27. The molecule has 4 aromatic rings. The predicted molar refractivity (Wildman–Crippen MR) is 128 cm³/mol. The van der Waals surface area contributed by atoms with Gasteiger partial charge in [0.1, 0.15) is 17.3 Å². The van der Waals surface area contributed by atoms with Crippen LogP contribution in [0.1, 0.15) is 28.1 Å². The Kier molecular flexibility index (Phi) is 5.12. The molecule has 0 bridgehead atoms. The van der Waals surface area contributed by atoms with E-state index in [1.54, 1.807) is 18.5 Å². The van der Waals surface area contributed by atoms with Gasteiger partial charge in [0, 0.05) is 31.1 Å². The van der Waals surface area contributed by atoms with Gasteiger partial charge in [0.15, 0.2) is 0 Å². The number of likely N-dealkylation sites (tertiary alicyclic amines) is 1. The van der Waals surface area contributed by atoms with Crippen molar-refractivity contribution in [3.8, 4) is 16.9 Å². The van der Waals surface area contributed by atoms with Crippen molar-refractivity contribution < 1.29 is 13.6 Å². The molecule has 35 heavy (non-hydrogen) atoms. The molecule has 0 radical (unpaired) electrons. The lowest BCUT2D eigenvalue weighted by Crippen LogP contribution is -2.65. The van der Waals surface area contributed by atoms with E-state index in [9.17, 15) is 9.18 Å². The van der Waals surface area contributed by atoms with Crippen LogP contribution in [0.5, 0.6) is 0 Å². The van der Waals surface area contributed by atoms with Crippen LogP contribution >= 0.6 is 0 Å². The molecule has 0 aliphatic carbocycles. The van der Waals surface area contributed by atoms with E-state index in [2.05, 4.69) is 15.1 Å². The summed E-state index contributed by atoms with van der Waals surface area (Å²) in [5.74, 6) is 0.788. The molecule has 0 N–H and O–H groups in total. The van der Waals surface area contributed by atoms with Crippen LogP contribution in [0.4, 0.5) is 10.4 Å². The molecule has 2 saturated heterocycles. The first-order valence-electron chi connectivity index (χ1n) is 11.7. The van der Waals surface area contributed by atoms with Crippen molar-refractivity contribution >= 4 is 11.9 Å². The van der Waals surface area contributed by atoms with Crippen LogP contribution in [0.2, 0.25) is 0 Å². The van der Waals surface area contributed by atoms with Gasteiger partial charge < -0.3 is 14.2 Å². The predicted octanol–water partition coefficient (Wildman–Crippen LogP) is 4.03. The summed E-state index contributed by atoms with van der Waals surface area (Å²) >= 11 is 0. The van der Waals surface area contributed by atoms with E-state index < -0.39 is 0 Å². The van der Waals surface area contributed by atoms with Gasteiger partial charge in [-0.3, -0.25) is 4.79 Å². The first-order chi connectivity index (χ1) is 17.0. The molecule has 0 saturated carbocycles. The molecule has 1 amide bonds. The van der Waals surface area contributed by atoms with Gasteiger partial charge in [-0.15, -0.1) is 0 Å². The number of aryl methyl sites for hydroxylation is 2. The highest BCUT2D eigenvalue weighted by Crippen LogP contribution is 2.38. The van der Waals surface area contributed by atoms with Crippen LogP contribution in [0.3, 0.4) is 0 Å². The van der Waals surface area contributed by atoms with Gasteiger partial charge in [-0.1, -0.05) is 23.8 Å². The number of nitrogens with zero attached hydrogens (tertiary/aromatic N) is 6. The average molecular weight is 473 g/mol. The Morgan fingerprint density at radius 1 is 1.09 bits per heavy atom. The first kappa shape index (κ1) is 21.5. The number of hydrogen-bond donors (Lipinski definition) is 0. The van der Waals surface area contributed by atoms with Gasteiger partial charge in [0.25, 0.3) is 11.9 Å². The third-order valence-electron chi connectivity index (χ3n) is 6.99. The number of carbonyl (C=O) groups excluding carboxylic acids is 1. The minimum absolute atomic E-state index is 0.0321. The fourth-order valence-electron chi connectivity index (χ4n) is 5.12. The highest BCUT2D eigenvalue weighted by atomic mass is 19.1. The number of fused-ring (bicyclic) bond motifs is 1. The van der Waals surface area contributed by atoms with Crippen molar-refractivity contribution in [3.05, 3.63) is 77.6 Å². The minimum Gasteiger partial charge on any atom is -0.428 e. The SMILES string of the molecule is Cc1ccc(-n2nccn2)c(C(=O)N2CC[C@H]3CN(c4nc(-c5cccc(F)c5)c(C)o4)[C@H]3C2)c1. The summed E-state index contributed by atoms with van der Waals surface area (Å²) < 4.78 is 19.7. The maximum Gasteiger partial charge on any atom is 0.298 e. The zero-order chi connectivity index (χ0) is 24.1. The van der Waals surface area contributed by atoms with Gasteiger partial charge >= 0.3 is 0 Å². The number of hydrogen-bond acceptors (Lipinski definition) is 6. The standard InChI is InChI=1S/C26H25FN6O2/c1-16-6-7-22(33-28-9-10-29-33)21(12-16)25(34)31-11-8-19-14-32(23(19)15-31)26-30-24(17(2)35-26)18-4-3-5-20(27)13-18/h3-7,9-10,12-13,19,23H,8,11,14-15H2,1-2H3/t19-,23-/m0/s1. The van der Waals surface area contributed by atoms with Crippen LogP contribution in [0, 0.1) is 25.6 Å².